The van der Waals surface area contributed by atoms with E-state index in [9.17, 15) is 14.4 Å². The van der Waals surface area contributed by atoms with Gasteiger partial charge in [0.15, 0.2) is 0 Å². The molecule has 1 aromatic heterocycles. The Balaban J connectivity index is 1.59. The molecule has 0 fully saturated rings. The zero-order chi connectivity index (χ0) is 26.4. The highest BCUT2D eigenvalue weighted by Crippen LogP contribution is 2.37. The largest absolute Gasteiger partial charge is 0.385 e. The van der Waals surface area contributed by atoms with Crippen LogP contribution in [-0.2, 0) is 14.3 Å². The van der Waals surface area contributed by atoms with Gasteiger partial charge in [0.1, 0.15) is 10.6 Å². The SMILES string of the molecule is COCCCN1C(=O)C(Nc2ccc(C(C)C)cc2)=C(Sc2cccc(NC(=O)c3cccs3)c2)C1=O. The summed E-state index contributed by atoms with van der Waals surface area (Å²) in [5, 5.41) is 7.93. The Kier molecular flexibility index (Phi) is 8.81. The molecule has 3 amide bonds. The number of carbonyl (C=O) groups is 3. The van der Waals surface area contributed by atoms with E-state index in [0.717, 1.165) is 10.6 Å². The third kappa shape index (κ3) is 6.49. The van der Waals surface area contributed by atoms with Crippen LogP contribution in [0.2, 0.25) is 0 Å². The monoisotopic (exact) mass is 535 g/mol. The van der Waals surface area contributed by atoms with E-state index in [1.807, 2.05) is 47.8 Å². The lowest BCUT2D eigenvalue weighted by atomic mass is 10.0. The molecule has 2 N–H and O–H groups in total. The zero-order valence-electron chi connectivity index (χ0n) is 20.9. The first-order valence-corrected chi connectivity index (χ1v) is 13.7. The van der Waals surface area contributed by atoms with Crippen LogP contribution >= 0.6 is 23.1 Å². The maximum atomic E-state index is 13.4. The van der Waals surface area contributed by atoms with Crippen molar-refractivity contribution in [3.05, 3.63) is 87.1 Å². The fourth-order valence-electron chi connectivity index (χ4n) is 3.78. The second-order valence-corrected chi connectivity index (χ2v) is 10.8. The molecule has 4 rings (SSSR count). The molecule has 7 nitrogen and oxygen atoms in total. The smallest absolute Gasteiger partial charge is 0.278 e. The molecular weight excluding hydrogens is 506 g/mol. The van der Waals surface area contributed by atoms with Gasteiger partial charge in [-0.05, 0) is 59.7 Å². The number of nitrogens with zero attached hydrogens (tertiary/aromatic N) is 1. The van der Waals surface area contributed by atoms with Crippen LogP contribution in [0.25, 0.3) is 0 Å². The Labute approximate surface area is 224 Å². The summed E-state index contributed by atoms with van der Waals surface area (Å²) in [6.45, 7) is 4.95. The summed E-state index contributed by atoms with van der Waals surface area (Å²) in [6, 6.07) is 18.7. The summed E-state index contributed by atoms with van der Waals surface area (Å²) >= 11 is 2.57. The van der Waals surface area contributed by atoms with Crippen LogP contribution in [0.5, 0.6) is 0 Å². The highest BCUT2D eigenvalue weighted by Gasteiger charge is 2.38. The van der Waals surface area contributed by atoms with Crippen LogP contribution in [0, 0.1) is 0 Å². The second kappa shape index (κ2) is 12.2. The topological polar surface area (TPSA) is 87.7 Å². The number of hydrogen-bond donors (Lipinski definition) is 2. The summed E-state index contributed by atoms with van der Waals surface area (Å²) in [4.78, 5) is 42.1. The average Bonchev–Trinajstić information content (AvgIpc) is 3.50. The summed E-state index contributed by atoms with van der Waals surface area (Å²) < 4.78 is 5.10. The van der Waals surface area contributed by atoms with Crippen LogP contribution in [0.3, 0.4) is 0 Å². The quantitative estimate of drug-likeness (QED) is 0.233. The maximum absolute atomic E-state index is 13.4. The van der Waals surface area contributed by atoms with E-state index in [0.29, 0.717) is 34.4 Å². The van der Waals surface area contributed by atoms with E-state index in [2.05, 4.69) is 24.5 Å². The molecule has 192 valence electrons. The third-order valence-corrected chi connectivity index (χ3v) is 7.70. The van der Waals surface area contributed by atoms with Crippen LogP contribution in [0.4, 0.5) is 11.4 Å². The molecule has 2 heterocycles. The molecule has 0 saturated heterocycles. The normalized spacial score (nSPS) is 13.6. The lowest BCUT2D eigenvalue weighted by Gasteiger charge is -2.15. The Morgan fingerprint density at radius 3 is 2.49 bits per heavy atom. The minimum absolute atomic E-state index is 0.194. The number of rotatable bonds is 11. The first-order valence-electron chi connectivity index (χ1n) is 12.0. The molecule has 3 aromatic rings. The number of nitrogens with one attached hydrogen (secondary N) is 2. The van der Waals surface area contributed by atoms with Crippen LogP contribution in [0.1, 0.15) is 41.4 Å². The minimum Gasteiger partial charge on any atom is -0.385 e. The van der Waals surface area contributed by atoms with Gasteiger partial charge in [-0.25, -0.2) is 0 Å². The number of imide groups is 1. The van der Waals surface area contributed by atoms with Crippen molar-refractivity contribution in [2.45, 2.75) is 31.1 Å². The summed E-state index contributed by atoms with van der Waals surface area (Å²) in [5.74, 6) is -0.517. The van der Waals surface area contributed by atoms with Crippen molar-refractivity contribution in [1.82, 2.24) is 4.90 Å². The van der Waals surface area contributed by atoms with Crippen LogP contribution < -0.4 is 10.6 Å². The van der Waals surface area contributed by atoms with Gasteiger partial charge < -0.3 is 15.4 Å². The highest BCUT2D eigenvalue weighted by molar-refractivity contribution is 8.04. The first-order chi connectivity index (χ1) is 17.9. The molecule has 0 aliphatic carbocycles. The Morgan fingerprint density at radius 1 is 1.03 bits per heavy atom. The molecule has 0 radical (unpaired) electrons. The van der Waals surface area contributed by atoms with Crippen molar-refractivity contribution in [1.29, 1.82) is 0 Å². The Hall–Kier alpha value is -3.40. The van der Waals surface area contributed by atoms with Crippen molar-refractivity contribution in [3.63, 3.8) is 0 Å². The minimum atomic E-state index is -0.362. The second-order valence-electron chi connectivity index (χ2n) is 8.78. The number of anilines is 2. The van der Waals surface area contributed by atoms with Gasteiger partial charge in [-0.1, -0.05) is 49.9 Å². The van der Waals surface area contributed by atoms with Gasteiger partial charge in [-0.2, -0.15) is 0 Å². The molecule has 37 heavy (non-hydrogen) atoms. The molecule has 2 aromatic carbocycles. The van der Waals surface area contributed by atoms with Crippen molar-refractivity contribution in [2.24, 2.45) is 0 Å². The van der Waals surface area contributed by atoms with E-state index < -0.39 is 0 Å². The molecule has 9 heteroatoms. The number of amides is 3. The van der Waals surface area contributed by atoms with E-state index in [-0.39, 0.29) is 30.0 Å². The zero-order valence-corrected chi connectivity index (χ0v) is 22.6. The summed E-state index contributed by atoms with van der Waals surface area (Å²) in [5.41, 5.74) is 2.77. The van der Waals surface area contributed by atoms with Gasteiger partial charge >= 0.3 is 0 Å². The molecule has 0 saturated carbocycles. The van der Waals surface area contributed by atoms with Gasteiger partial charge in [0, 0.05) is 36.5 Å². The number of methoxy groups -OCH3 is 1. The van der Waals surface area contributed by atoms with Crippen molar-refractivity contribution in [3.8, 4) is 0 Å². The van der Waals surface area contributed by atoms with E-state index >= 15 is 0 Å². The molecule has 0 atom stereocenters. The van der Waals surface area contributed by atoms with Crippen LogP contribution in [-0.4, -0.2) is 42.9 Å². The Morgan fingerprint density at radius 2 is 1.81 bits per heavy atom. The van der Waals surface area contributed by atoms with Crippen molar-refractivity contribution in [2.75, 3.05) is 30.9 Å². The van der Waals surface area contributed by atoms with Gasteiger partial charge in [0.05, 0.1) is 4.88 Å². The number of hydrogen-bond acceptors (Lipinski definition) is 7. The van der Waals surface area contributed by atoms with Crippen molar-refractivity contribution >= 4 is 52.2 Å². The van der Waals surface area contributed by atoms with Crippen LogP contribution in [0.15, 0.2) is 81.5 Å². The summed E-state index contributed by atoms with van der Waals surface area (Å²) in [6.07, 6.45) is 0.548. The number of ether oxygens (including phenoxy) is 1. The number of thioether (sulfide) groups is 1. The van der Waals surface area contributed by atoms with Gasteiger partial charge in [-0.3, -0.25) is 19.3 Å². The molecule has 1 aliphatic rings. The predicted octanol–water partition coefficient (Wildman–Crippen LogP) is 5.94. The van der Waals surface area contributed by atoms with Gasteiger partial charge in [-0.15, -0.1) is 11.3 Å². The maximum Gasteiger partial charge on any atom is 0.278 e. The standard InChI is InChI=1S/C28H29N3O4S2/c1-18(2)19-10-12-20(13-11-19)29-24-25(28(34)31(27(24)33)14-6-15-35-3)37-22-8-4-7-21(17-22)30-26(32)23-9-5-16-36-23/h4-5,7-13,16-18,29H,6,14-15H2,1-3H3,(H,30,32). The lowest BCUT2D eigenvalue weighted by molar-refractivity contribution is -0.137. The van der Waals surface area contributed by atoms with Gasteiger partial charge in [0.25, 0.3) is 17.7 Å². The Bertz CT molecular complexity index is 1300. The van der Waals surface area contributed by atoms with Gasteiger partial charge in [0.2, 0.25) is 0 Å². The van der Waals surface area contributed by atoms with E-state index in [1.54, 1.807) is 25.3 Å². The predicted molar refractivity (Wildman–Crippen MR) is 149 cm³/mol. The number of thiophene rings is 1. The van der Waals surface area contributed by atoms with Crippen molar-refractivity contribution < 1.29 is 19.1 Å². The third-order valence-electron chi connectivity index (χ3n) is 5.76. The summed E-state index contributed by atoms with van der Waals surface area (Å²) in [7, 11) is 1.59. The average molecular weight is 536 g/mol. The molecule has 0 spiro atoms. The first kappa shape index (κ1) is 26.7. The lowest BCUT2D eigenvalue weighted by Crippen LogP contribution is -2.33. The highest BCUT2D eigenvalue weighted by atomic mass is 32.2. The molecule has 0 bridgehead atoms. The fraction of sp³-hybridized carbons (Fsp3) is 0.250. The molecule has 0 unspecified atom stereocenters. The van der Waals surface area contributed by atoms with E-state index in [4.69, 9.17) is 4.74 Å². The molecular formula is C28H29N3O4S2. The number of carbonyl (C=O) groups excluding carboxylic acids is 3. The fourth-order valence-corrected chi connectivity index (χ4v) is 5.41. The number of benzene rings is 2. The van der Waals surface area contributed by atoms with E-state index in [1.165, 1.54) is 33.6 Å². The molecule has 1 aliphatic heterocycles.